The molecule has 2 nitrogen and oxygen atoms in total. The van der Waals surface area contributed by atoms with Gasteiger partial charge in [0.15, 0.2) is 0 Å². The summed E-state index contributed by atoms with van der Waals surface area (Å²) < 4.78 is 51.4. The molecule has 0 spiro atoms. The molecule has 0 aromatic heterocycles. The number of hydrogen-bond donors (Lipinski definition) is 1. The number of hydrogen-bond acceptors (Lipinski definition) is 1. The van der Waals surface area contributed by atoms with Gasteiger partial charge in [-0.05, 0) is 30.0 Å². The number of aryl methyl sites for hydroxylation is 1. The SMILES string of the molecule is O=C1NCCCc2ccc(C(Br)C(F)(F)C(F)F)cc21. The van der Waals surface area contributed by atoms with Crippen LogP contribution in [0.1, 0.15) is 32.7 Å². The van der Waals surface area contributed by atoms with E-state index >= 15 is 0 Å². The topological polar surface area (TPSA) is 29.1 Å². The summed E-state index contributed by atoms with van der Waals surface area (Å²) in [6, 6.07) is 4.16. The molecule has 1 aliphatic rings. The fraction of sp³-hybridized carbons (Fsp3) is 0.462. The van der Waals surface area contributed by atoms with E-state index in [1.165, 1.54) is 12.1 Å². The fourth-order valence-corrected chi connectivity index (χ4v) is 2.57. The number of rotatable bonds is 3. The van der Waals surface area contributed by atoms with E-state index in [0.29, 0.717) is 13.0 Å². The average Bonchev–Trinajstić information content (AvgIpc) is 2.59. The van der Waals surface area contributed by atoms with E-state index in [-0.39, 0.29) is 17.0 Å². The number of carbonyl (C=O) groups is 1. The van der Waals surface area contributed by atoms with E-state index in [1.807, 2.05) is 0 Å². The Morgan fingerprint density at radius 1 is 1.30 bits per heavy atom. The zero-order valence-corrected chi connectivity index (χ0v) is 11.9. The van der Waals surface area contributed by atoms with Crippen LogP contribution < -0.4 is 5.32 Å². The molecule has 0 radical (unpaired) electrons. The third-order valence-corrected chi connectivity index (χ3v) is 4.35. The van der Waals surface area contributed by atoms with Crippen LogP contribution in [-0.2, 0) is 6.42 Å². The van der Waals surface area contributed by atoms with Crippen molar-refractivity contribution < 1.29 is 22.4 Å². The molecule has 0 bridgehead atoms. The van der Waals surface area contributed by atoms with Gasteiger partial charge in [0.25, 0.3) is 5.91 Å². The minimum Gasteiger partial charge on any atom is -0.352 e. The summed E-state index contributed by atoms with van der Waals surface area (Å²) in [6.45, 7) is 0.508. The maximum Gasteiger partial charge on any atom is 0.323 e. The van der Waals surface area contributed by atoms with Crippen LogP contribution in [0.3, 0.4) is 0 Å². The monoisotopic (exact) mass is 353 g/mol. The quantitative estimate of drug-likeness (QED) is 0.651. The summed E-state index contributed by atoms with van der Waals surface area (Å²) in [5, 5.41) is 2.64. The van der Waals surface area contributed by atoms with E-state index in [0.717, 1.165) is 12.0 Å². The standard InChI is InChI=1S/C13H12BrF4NO/c14-10(13(17,18)12(15)16)8-4-3-7-2-1-5-19-11(20)9(7)6-8/h3-4,6,10,12H,1-2,5H2,(H,19,20). The van der Waals surface area contributed by atoms with Gasteiger partial charge in [-0.25, -0.2) is 8.78 Å². The normalized spacial score (nSPS) is 17.4. The second-order valence-corrected chi connectivity index (χ2v) is 5.53. The van der Waals surface area contributed by atoms with Crippen molar-refractivity contribution in [2.24, 2.45) is 0 Å². The Labute approximate surface area is 121 Å². The Balaban J connectivity index is 2.38. The van der Waals surface area contributed by atoms with Gasteiger partial charge in [0.05, 0.1) is 0 Å². The van der Waals surface area contributed by atoms with Gasteiger partial charge in [0.1, 0.15) is 4.83 Å². The average molecular weight is 354 g/mol. The Bertz CT molecular complexity index is 521. The van der Waals surface area contributed by atoms with Gasteiger partial charge in [-0.2, -0.15) is 8.78 Å². The largest absolute Gasteiger partial charge is 0.352 e. The van der Waals surface area contributed by atoms with Crippen LogP contribution in [-0.4, -0.2) is 24.8 Å². The number of fused-ring (bicyclic) bond motifs is 1. The van der Waals surface area contributed by atoms with Gasteiger partial charge < -0.3 is 5.32 Å². The predicted octanol–water partition coefficient (Wildman–Crippen LogP) is 3.70. The van der Waals surface area contributed by atoms with Gasteiger partial charge in [-0.1, -0.05) is 28.1 Å². The maximum absolute atomic E-state index is 13.3. The molecule has 1 aliphatic heterocycles. The molecule has 1 amide bonds. The first-order chi connectivity index (χ1) is 9.34. The first-order valence-electron chi connectivity index (χ1n) is 6.05. The molecule has 0 saturated heterocycles. The molecule has 1 N–H and O–H groups in total. The van der Waals surface area contributed by atoms with Crippen LogP contribution >= 0.6 is 15.9 Å². The minimum atomic E-state index is -4.20. The van der Waals surface area contributed by atoms with Crippen molar-refractivity contribution in [3.05, 3.63) is 34.9 Å². The van der Waals surface area contributed by atoms with Crippen LogP contribution in [0.4, 0.5) is 17.6 Å². The molecular weight excluding hydrogens is 342 g/mol. The summed E-state index contributed by atoms with van der Waals surface area (Å²) in [4.78, 5) is 9.97. The molecule has 20 heavy (non-hydrogen) atoms. The number of carbonyl (C=O) groups excluding carboxylic acids is 1. The molecule has 1 aromatic carbocycles. The van der Waals surface area contributed by atoms with Crippen LogP contribution in [0, 0.1) is 0 Å². The highest BCUT2D eigenvalue weighted by atomic mass is 79.9. The summed E-state index contributed by atoms with van der Waals surface area (Å²) >= 11 is 2.61. The predicted molar refractivity (Wildman–Crippen MR) is 69.7 cm³/mol. The van der Waals surface area contributed by atoms with Gasteiger partial charge in [-0.3, -0.25) is 4.79 Å². The van der Waals surface area contributed by atoms with E-state index < -0.39 is 17.2 Å². The van der Waals surface area contributed by atoms with E-state index in [2.05, 4.69) is 21.2 Å². The number of halogens is 5. The summed E-state index contributed by atoms with van der Waals surface area (Å²) in [5.41, 5.74) is 0.976. The van der Waals surface area contributed by atoms with Crippen LogP contribution in [0.25, 0.3) is 0 Å². The molecule has 7 heteroatoms. The van der Waals surface area contributed by atoms with E-state index in [9.17, 15) is 22.4 Å². The lowest BCUT2D eigenvalue weighted by Crippen LogP contribution is -2.31. The smallest absolute Gasteiger partial charge is 0.323 e. The first kappa shape index (κ1) is 15.3. The summed E-state index contributed by atoms with van der Waals surface area (Å²) in [6.07, 6.45) is -2.38. The molecule has 110 valence electrons. The van der Waals surface area contributed by atoms with Crippen LogP contribution in [0.15, 0.2) is 18.2 Å². The molecule has 1 atom stereocenters. The molecule has 0 aliphatic carbocycles. The van der Waals surface area contributed by atoms with Crippen molar-refractivity contribution >= 4 is 21.8 Å². The third kappa shape index (κ3) is 2.82. The van der Waals surface area contributed by atoms with E-state index in [1.54, 1.807) is 6.07 Å². The summed E-state index contributed by atoms with van der Waals surface area (Å²) in [7, 11) is 0. The Morgan fingerprint density at radius 3 is 2.65 bits per heavy atom. The maximum atomic E-state index is 13.3. The number of alkyl halides is 5. The second kappa shape index (κ2) is 5.71. The molecular formula is C13H12BrF4NO. The molecule has 0 saturated carbocycles. The van der Waals surface area contributed by atoms with E-state index in [4.69, 9.17) is 0 Å². The highest BCUT2D eigenvalue weighted by molar-refractivity contribution is 9.09. The van der Waals surface area contributed by atoms with Crippen molar-refractivity contribution in [1.29, 1.82) is 0 Å². The lowest BCUT2D eigenvalue weighted by molar-refractivity contribution is -0.127. The summed E-state index contributed by atoms with van der Waals surface area (Å²) in [5.74, 6) is -4.56. The van der Waals surface area contributed by atoms with Gasteiger partial charge >= 0.3 is 12.3 Å². The van der Waals surface area contributed by atoms with Crippen LogP contribution in [0.5, 0.6) is 0 Å². The van der Waals surface area contributed by atoms with Gasteiger partial charge in [0.2, 0.25) is 0 Å². The second-order valence-electron chi connectivity index (χ2n) is 4.61. The minimum absolute atomic E-state index is 0.0360. The van der Waals surface area contributed by atoms with Crippen molar-refractivity contribution in [1.82, 2.24) is 5.32 Å². The highest BCUT2D eigenvalue weighted by Crippen LogP contribution is 2.43. The van der Waals surface area contributed by atoms with Crippen molar-refractivity contribution in [2.75, 3.05) is 6.54 Å². The zero-order valence-electron chi connectivity index (χ0n) is 10.3. The van der Waals surface area contributed by atoms with Crippen LogP contribution in [0.2, 0.25) is 0 Å². The Morgan fingerprint density at radius 2 is 2.00 bits per heavy atom. The zero-order chi connectivity index (χ0) is 14.9. The molecule has 2 rings (SSSR count). The highest BCUT2D eigenvalue weighted by Gasteiger charge is 2.48. The Kier molecular flexibility index (Phi) is 4.36. The molecule has 1 unspecified atom stereocenters. The van der Waals surface area contributed by atoms with Crippen molar-refractivity contribution in [3.63, 3.8) is 0 Å². The van der Waals surface area contributed by atoms with Crippen molar-refractivity contribution in [3.8, 4) is 0 Å². The van der Waals surface area contributed by atoms with Crippen molar-refractivity contribution in [2.45, 2.75) is 30.0 Å². The lowest BCUT2D eigenvalue weighted by Gasteiger charge is -2.22. The van der Waals surface area contributed by atoms with Gasteiger partial charge in [0, 0.05) is 12.1 Å². The first-order valence-corrected chi connectivity index (χ1v) is 6.96. The number of nitrogens with one attached hydrogen (secondary N) is 1. The molecule has 0 fully saturated rings. The fourth-order valence-electron chi connectivity index (χ4n) is 2.09. The lowest BCUT2D eigenvalue weighted by atomic mass is 9.98. The van der Waals surface area contributed by atoms with Gasteiger partial charge in [-0.15, -0.1) is 0 Å². The molecule has 1 aromatic rings. The third-order valence-electron chi connectivity index (χ3n) is 3.21. The Hall–Kier alpha value is -1.11. The number of benzene rings is 1. The molecule has 1 heterocycles. The number of amides is 1.